The molecule has 1 aromatic heterocycles. The Morgan fingerprint density at radius 2 is 2.21 bits per heavy atom. The van der Waals surface area contributed by atoms with E-state index >= 15 is 0 Å². The van der Waals surface area contributed by atoms with Crippen LogP contribution in [0.25, 0.3) is 0 Å². The molecule has 1 aromatic rings. The van der Waals surface area contributed by atoms with Gasteiger partial charge in [-0.1, -0.05) is 0 Å². The first-order valence-corrected chi connectivity index (χ1v) is 8.63. The number of carbonyl (C=O) groups is 3. The molecule has 1 aliphatic heterocycles. The van der Waals surface area contributed by atoms with Crippen LogP contribution in [0.15, 0.2) is 11.4 Å². The van der Waals surface area contributed by atoms with E-state index in [-0.39, 0.29) is 24.9 Å². The van der Waals surface area contributed by atoms with E-state index in [4.69, 9.17) is 9.84 Å². The number of methoxy groups -OCH3 is 1. The highest BCUT2D eigenvalue weighted by Crippen LogP contribution is 2.20. The Morgan fingerprint density at radius 1 is 1.46 bits per heavy atom. The minimum Gasteiger partial charge on any atom is -0.481 e. The summed E-state index contributed by atoms with van der Waals surface area (Å²) in [6, 6.07) is 1.83. The van der Waals surface area contributed by atoms with Gasteiger partial charge in [0, 0.05) is 32.8 Å². The Balaban J connectivity index is 1.96. The van der Waals surface area contributed by atoms with Gasteiger partial charge in [-0.05, 0) is 24.3 Å². The Hall–Kier alpha value is -1.93. The molecule has 7 nitrogen and oxygen atoms in total. The molecule has 1 unspecified atom stereocenters. The van der Waals surface area contributed by atoms with E-state index in [9.17, 15) is 14.4 Å². The van der Waals surface area contributed by atoms with Crippen LogP contribution in [0.4, 0.5) is 0 Å². The minimum absolute atomic E-state index is 0.0600. The molecule has 0 radical (unpaired) electrons. The van der Waals surface area contributed by atoms with Crippen LogP contribution in [-0.2, 0) is 20.9 Å². The summed E-state index contributed by atoms with van der Waals surface area (Å²) >= 11 is 1.32. The van der Waals surface area contributed by atoms with E-state index in [1.165, 1.54) is 21.1 Å². The Morgan fingerprint density at radius 3 is 2.88 bits per heavy atom. The highest BCUT2D eigenvalue weighted by Gasteiger charge is 2.29. The second-order valence-electron chi connectivity index (χ2n) is 5.89. The summed E-state index contributed by atoms with van der Waals surface area (Å²) in [4.78, 5) is 39.5. The summed E-state index contributed by atoms with van der Waals surface area (Å²) in [5.41, 5.74) is 0.802. The lowest BCUT2D eigenvalue weighted by Gasteiger charge is -2.32. The van der Waals surface area contributed by atoms with E-state index in [1.54, 1.807) is 14.2 Å². The minimum atomic E-state index is -0.875. The van der Waals surface area contributed by atoms with Crippen molar-refractivity contribution in [2.45, 2.75) is 19.4 Å². The van der Waals surface area contributed by atoms with Gasteiger partial charge in [-0.25, -0.2) is 0 Å². The van der Waals surface area contributed by atoms with E-state index in [2.05, 4.69) is 0 Å². The van der Waals surface area contributed by atoms with Gasteiger partial charge in [0.05, 0.1) is 23.9 Å². The fourth-order valence-corrected chi connectivity index (χ4v) is 3.65. The van der Waals surface area contributed by atoms with Crippen LogP contribution in [0.1, 0.15) is 28.1 Å². The SMILES string of the molecule is COCc1ccsc1C(=O)N(C)CC(=O)N1CCCC(C(=O)O)C1. The van der Waals surface area contributed by atoms with Crippen LogP contribution in [0.2, 0.25) is 0 Å². The number of carbonyl (C=O) groups excluding carboxylic acids is 2. The van der Waals surface area contributed by atoms with E-state index < -0.39 is 11.9 Å². The lowest BCUT2D eigenvalue weighted by Crippen LogP contribution is -2.46. The maximum absolute atomic E-state index is 12.5. The molecule has 0 spiro atoms. The van der Waals surface area contributed by atoms with Crippen molar-refractivity contribution in [3.63, 3.8) is 0 Å². The van der Waals surface area contributed by atoms with E-state index in [0.717, 1.165) is 5.56 Å². The molecule has 8 heteroatoms. The highest BCUT2D eigenvalue weighted by molar-refractivity contribution is 7.12. The topological polar surface area (TPSA) is 87.2 Å². The van der Waals surface area contributed by atoms with Crippen molar-refractivity contribution in [2.75, 3.05) is 33.8 Å². The average Bonchev–Trinajstić information content (AvgIpc) is 3.02. The van der Waals surface area contributed by atoms with Gasteiger partial charge in [0.25, 0.3) is 5.91 Å². The maximum atomic E-state index is 12.5. The first-order valence-electron chi connectivity index (χ1n) is 7.75. The van der Waals surface area contributed by atoms with Crippen molar-refractivity contribution in [2.24, 2.45) is 5.92 Å². The standard InChI is InChI=1S/C16H22N2O5S/c1-17(15(20)14-12(10-23-2)5-7-24-14)9-13(19)18-6-3-4-11(8-18)16(21)22/h5,7,11H,3-4,6,8-10H2,1-2H3,(H,21,22). The van der Waals surface area contributed by atoms with Crippen molar-refractivity contribution < 1.29 is 24.2 Å². The van der Waals surface area contributed by atoms with E-state index in [1.807, 2.05) is 11.4 Å². The summed E-state index contributed by atoms with van der Waals surface area (Å²) in [6.45, 7) is 1.04. The number of piperidine rings is 1. The molecule has 2 amide bonds. The molecular formula is C16H22N2O5S. The number of amides is 2. The zero-order valence-electron chi connectivity index (χ0n) is 13.9. The second kappa shape index (κ2) is 8.25. The average molecular weight is 354 g/mol. The van der Waals surface area contributed by atoms with Crippen LogP contribution in [0.3, 0.4) is 0 Å². The van der Waals surface area contributed by atoms with Crippen molar-refractivity contribution >= 4 is 29.1 Å². The smallest absolute Gasteiger partial charge is 0.308 e. The number of ether oxygens (including phenoxy) is 1. The van der Waals surface area contributed by atoms with Crippen LogP contribution in [-0.4, -0.2) is 66.5 Å². The molecule has 0 bridgehead atoms. The van der Waals surface area contributed by atoms with Gasteiger partial charge in [0.15, 0.2) is 0 Å². The number of nitrogens with zero attached hydrogens (tertiary/aromatic N) is 2. The molecule has 0 saturated carbocycles. The molecule has 1 atom stereocenters. The fraction of sp³-hybridized carbons (Fsp3) is 0.562. The van der Waals surface area contributed by atoms with Gasteiger partial charge >= 0.3 is 5.97 Å². The molecule has 1 N–H and O–H groups in total. The number of carboxylic acids is 1. The zero-order valence-corrected chi connectivity index (χ0v) is 14.7. The number of hydrogen-bond acceptors (Lipinski definition) is 5. The summed E-state index contributed by atoms with van der Waals surface area (Å²) in [5.74, 6) is -1.84. The largest absolute Gasteiger partial charge is 0.481 e. The fourth-order valence-electron chi connectivity index (χ4n) is 2.75. The third-order valence-electron chi connectivity index (χ3n) is 4.08. The van der Waals surface area contributed by atoms with Gasteiger partial charge in [-0.3, -0.25) is 14.4 Å². The third-order valence-corrected chi connectivity index (χ3v) is 5.03. The monoisotopic (exact) mass is 354 g/mol. The predicted octanol–water partition coefficient (Wildman–Crippen LogP) is 1.29. The van der Waals surface area contributed by atoms with Crippen LogP contribution < -0.4 is 0 Å². The molecule has 0 aliphatic carbocycles. The summed E-state index contributed by atoms with van der Waals surface area (Å²) in [6.07, 6.45) is 1.26. The van der Waals surface area contributed by atoms with Gasteiger partial charge in [-0.2, -0.15) is 0 Å². The molecular weight excluding hydrogens is 332 g/mol. The lowest BCUT2D eigenvalue weighted by atomic mass is 9.98. The number of thiophene rings is 1. The third kappa shape index (κ3) is 4.33. The van der Waals surface area contributed by atoms with Crippen molar-refractivity contribution in [3.8, 4) is 0 Å². The maximum Gasteiger partial charge on any atom is 0.308 e. The first kappa shape index (κ1) is 18.4. The molecule has 2 rings (SSSR count). The number of aliphatic carboxylic acids is 1. The number of carboxylic acid groups (broad SMARTS) is 1. The normalized spacial score (nSPS) is 17.6. The van der Waals surface area contributed by atoms with Crippen LogP contribution in [0.5, 0.6) is 0 Å². The van der Waals surface area contributed by atoms with Crippen LogP contribution >= 0.6 is 11.3 Å². The molecule has 0 aromatic carbocycles. The zero-order chi connectivity index (χ0) is 17.7. The Labute approximate surface area is 144 Å². The predicted molar refractivity (Wildman–Crippen MR) is 88.9 cm³/mol. The van der Waals surface area contributed by atoms with Gasteiger partial charge in [0.1, 0.15) is 0 Å². The van der Waals surface area contributed by atoms with Gasteiger partial charge in [0.2, 0.25) is 5.91 Å². The first-order chi connectivity index (χ1) is 11.4. The molecule has 2 heterocycles. The number of hydrogen-bond donors (Lipinski definition) is 1. The quantitative estimate of drug-likeness (QED) is 0.832. The van der Waals surface area contributed by atoms with Crippen molar-refractivity contribution in [1.29, 1.82) is 0 Å². The van der Waals surface area contributed by atoms with Crippen LogP contribution in [0, 0.1) is 5.92 Å². The highest BCUT2D eigenvalue weighted by atomic mass is 32.1. The summed E-state index contributed by atoms with van der Waals surface area (Å²) < 4.78 is 5.07. The summed E-state index contributed by atoms with van der Waals surface area (Å²) in [5, 5.41) is 10.9. The van der Waals surface area contributed by atoms with Gasteiger partial charge < -0.3 is 19.6 Å². The number of likely N-dealkylation sites (tertiary alicyclic amines) is 1. The van der Waals surface area contributed by atoms with Crippen molar-refractivity contribution in [1.82, 2.24) is 9.80 Å². The number of rotatable bonds is 6. The molecule has 132 valence electrons. The van der Waals surface area contributed by atoms with Gasteiger partial charge in [-0.15, -0.1) is 11.3 Å². The lowest BCUT2D eigenvalue weighted by molar-refractivity contribution is -0.145. The molecule has 1 fully saturated rings. The molecule has 1 aliphatic rings. The summed E-state index contributed by atoms with van der Waals surface area (Å²) in [7, 11) is 3.14. The molecule has 1 saturated heterocycles. The van der Waals surface area contributed by atoms with E-state index in [0.29, 0.717) is 30.9 Å². The Kier molecular flexibility index (Phi) is 6.33. The van der Waals surface area contributed by atoms with Crippen molar-refractivity contribution in [3.05, 3.63) is 21.9 Å². The second-order valence-corrected chi connectivity index (χ2v) is 6.80. The Bertz CT molecular complexity index is 615. The molecule has 24 heavy (non-hydrogen) atoms. The number of likely N-dealkylation sites (N-methyl/N-ethyl adjacent to an activating group) is 1.